The Kier molecular flexibility index (Phi) is 5.23. The van der Waals surface area contributed by atoms with Crippen molar-refractivity contribution in [1.82, 2.24) is 15.1 Å². The second kappa shape index (κ2) is 6.92. The van der Waals surface area contributed by atoms with Crippen molar-refractivity contribution in [3.63, 3.8) is 0 Å². The largest absolute Gasteiger partial charge is 0.399 e. The second-order valence-corrected chi connectivity index (χ2v) is 5.55. The SMILES string of the molecule is CN1CCN(CCNC(=O)c2cc(N)ccc2Cl)CC1. The van der Waals surface area contributed by atoms with Crippen molar-refractivity contribution in [2.24, 2.45) is 0 Å². The van der Waals surface area contributed by atoms with E-state index in [1.807, 2.05) is 0 Å². The number of nitrogen functional groups attached to an aromatic ring is 1. The predicted molar refractivity (Wildman–Crippen MR) is 82.1 cm³/mol. The van der Waals surface area contributed by atoms with E-state index in [0.29, 0.717) is 22.8 Å². The third kappa shape index (κ3) is 4.10. The van der Waals surface area contributed by atoms with Crippen molar-refractivity contribution >= 4 is 23.2 Å². The summed E-state index contributed by atoms with van der Waals surface area (Å²) in [6, 6.07) is 4.93. The zero-order chi connectivity index (χ0) is 14.5. The standard InChI is InChI=1S/C14H21ClN4O/c1-18-6-8-19(9-7-18)5-4-17-14(20)12-10-11(16)2-3-13(12)15/h2-3,10H,4-9,16H2,1H3,(H,17,20). The average Bonchev–Trinajstić information content (AvgIpc) is 2.43. The first-order valence-electron chi connectivity index (χ1n) is 6.80. The normalized spacial score (nSPS) is 17.1. The van der Waals surface area contributed by atoms with Crippen LogP contribution in [0.25, 0.3) is 0 Å². The molecular formula is C14H21ClN4O. The highest BCUT2D eigenvalue weighted by Gasteiger charge is 2.14. The number of likely N-dealkylation sites (N-methyl/N-ethyl adjacent to an activating group) is 1. The molecule has 1 saturated heterocycles. The number of hydrogen-bond donors (Lipinski definition) is 2. The summed E-state index contributed by atoms with van der Waals surface area (Å²) >= 11 is 6.00. The minimum atomic E-state index is -0.170. The Balaban J connectivity index is 1.79. The lowest BCUT2D eigenvalue weighted by Crippen LogP contribution is -2.46. The molecule has 20 heavy (non-hydrogen) atoms. The molecule has 3 N–H and O–H groups in total. The summed E-state index contributed by atoms with van der Waals surface area (Å²) in [4.78, 5) is 16.7. The molecule has 0 spiro atoms. The van der Waals surface area contributed by atoms with Crippen molar-refractivity contribution in [3.8, 4) is 0 Å². The molecule has 0 unspecified atom stereocenters. The van der Waals surface area contributed by atoms with Crippen LogP contribution >= 0.6 is 11.6 Å². The minimum Gasteiger partial charge on any atom is -0.399 e. The maximum Gasteiger partial charge on any atom is 0.252 e. The number of hydrogen-bond acceptors (Lipinski definition) is 4. The van der Waals surface area contributed by atoms with Gasteiger partial charge in [-0.3, -0.25) is 9.69 Å². The average molecular weight is 297 g/mol. The summed E-state index contributed by atoms with van der Waals surface area (Å²) < 4.78 is 0. The molecule has 0 saturated carbocycles. The molecule has 1 aliphatic heterocycles. The van der Waals surface area contributed by atoms with Crippen LogP contribution in [-0.4, -0.2) is 62.0 Å². The fraction of sp³-hybridized carbons (Fsp3) is 0.500. The van der Waals surface area contributed by atoms with Gasteiger partial charge in [-0.2, -0.15) is 0 Å². The highest BCUT2D eigenvalue weighted by molar-refractivity contribution is 6.34. The Bertz CT molecular complexity index is 472. The number of anilines is 1. The number of benzene rings is 1. The summed E-state index contributed by atoms with van der Waals surface area (Å²) in [5.41, 5.74) is 6.65. The number of nitrogens with two attached hydrogens (primary N) is 1. The molecule has 0 atom stereocenters. The van der Waals surface area contributed by atoms with Gasteiger partial charge in [0.15, 0.2) is 0 Å². The molecule has 1 aromatic carbocycles. The van der Waals surface area contributed by atoms with Gasteiger partial charge in [0.25, 0.3) is 5.91 Å². The fourth-order valence-electron chi connectivity index (χ4n) is 2.21. The number of amides is 1. The number of nitrogens with one attached hydrogen (secondary N) is 1. The van der Waals surface area contributed by atoms with Crippen LogP contribution in [0.4, 0.5) is 5.69 Å². The van der Waals surface area contributed by atoms with Crippen LogP contribution in [0.2, 0.25) is 5.02 Å². The molecule has 1 heterocycles. The van der Waals surface area contributed by atoms with Gasteiger partial charge < -0.3 is 16.0 Å². The van der Waals surface area contributed by atoms with E-state index in [1.165, 1.54) is 0 Å². The van der Waals surface area contributed by atoms with Crippen LogP contribution in [0.3, 0.4) is 0 Å². The Morgan fingerprint density at radius 3 is 2.75 bits per heavy atom. The first-order chi connectivity index (χ1) is 9.56. The number of carbonyl (C=O) groups is 1. The van der Waals surface area contributed by atoms with Gasteiger partial charge in [-0.1, -0.05) is 11.6 Å². The van der Waals surface area contributed by atoms with Gasteiger partial charge in [0, 0.05) is 45.0 Å². The van der Waals surface area contributed by atoms with Crippen molar-refractivity contribution in [3.05, 3.63) is 28.8 Å². The Hall–Kier alpha value is -1.30. The van der Waals surface area contributed by atoms with Gasteiger partial charge in [0.2, 0.25) is 0 Å². The fourth-order valence-corrected chi connectivity index (χ4v) is 2.41. The van der Waals surface area contributed by atoms with Gasteiger partial charge in [-0.05, 0) is 25.2 Å². The molecule has 1 fully saturated rings. The molecule has 6 heteroatoms. The summed E-state index contributed by atoms with van der Waals surface area (Å²) in [6.45, 7) is 5.73. The van der Waals surface area contributed by atoms with Gasteiger partial charge >= 0.3 is 0 Å². The number of piperazine rings is 1. The van der Waals surface area contributed by atoms with E-state index in [0.717, 1.165) is 32.7 Å². The number of nitrogens with zero attached hydrogens (tertiary/aromatic N) is 2. The molecule has 0 aliphatic carbocycles. The molecule has 5 nitrogen and oxygen atoms in total. The monoisotopic (exact) mass is 296 g/mol. The first-order valence-corrected chi connectivity index (χ1v) is 7.18. The Labute approximate surface area is 124 Å². The highest BCUT2D eigenvalue weighted by Crippen LogP contribution is 2.18. The van der Waals surface area contributed by atoms with E-state index < -0.39 is 0 Å². The molecule has 0 bridgehead atoms. The highest BCUT2D eigenvalue weighted by atomic mass is 35.5. The van der Waals surface area contributed by atoms with E-state index in [1.54, 1.807) is 18.2 Å². The van der Waals surface area contributed by atoms with Crippen molar-refractivity contribution < 1.29 is 4.79 Å². The van der Waals surface area contributed by atoms with Gasteiger partial charge in [0.1, 0.15) is 0 Å². The Morgan fingerprint density at radius 2 is 2.05 bits per heavy atom. The van der Waals surface area contributed by atoms with Crippen LogP contribution < -0.4 is 11.1 Å². The van der Waals surface area contributed by atoms with Crippen molar-refractivity contribution in [1.29, 1.82) is 0 Å². The number of carbonyl (C=O) groups excluding carboxylic acids is 1. The zero-order valence-corrected chi connectivity index (χ0v) is 12.5. The third-order valence-electron chi connectivity index (χ3n) is 3.54. The van der Waals surface area contributed by atoms with E-state index in [4.69, 9.17) is 17.3 Å². The van der Waals surface area contributed by atoms with E-state index >= 15 is 0 Å². The number of rotatable bonds is 4. The molecule has 1 aliphatic rings. The van der Waals surface area contributed by atoms with Crippen LogP contribution in [0.1, 0.15) is 10.4 Å². The van der Waals surface area contributed by atoms with Gasteiger partial charge in [-0.25, -0.2) is 0 Å². The minimum absolute atomic E-state index is 0.170. The van der Waals surface area contributed by atoms with Crippen LogP contribution in [-0.2, 0) is 0 Å². The third-order valence-corrected chi connectivity index (χ3v) is 3.87. The Morgan fingerprint density at radius 1 is 1.35 bits per heavy atom. The van der Waals surface area contributed by atoms with Gasteiger partial charge in [0.05, 0.1) is 10.6 Å². The van der Waals surface area contributed by atoms with E-state index in [2.05, 4.69) is 22.2 Å². The molecule has 0 aromatic heterocycles. The van der Waals surface area contributed by atoms with E-state index in [9.17, 15) is 4.79 Å². The molecule has 2 rings (SSSR count). The lowest BCUT2D eigenvalue weighted by molar-refractivity contribution is 0.0941. The smallest absolute Gasteiger partial charge is 0.252 e. The summed E-state index contributed by atoms with van der Waals surface area (Å²) in [5.74, 6) is -0.170. The molecule has 110 valence electrons. The summed E-state index contributed by atoms with van der Waals surface area (Å²) in [5, 5.41) is 3.32. The quantitative estimate of drug-likeness (QED) is 0.811. The van der Waals surface area contributed by atoms with Crippen molar-refractivity contribution in [2.75, 3.05) is 52.0 Å². The van der Waals surface area contributed by atoms with Crippen LogP contribution in [0.15, 0.2) is 18.2 Å². The summed E-state index contributed by atoms with van der Waals surface area (Å²) in [6.07, 6.45) is 0. The molecular weight excluding hydrogens is 276 g/mol. The molecule has 1 amide bonds. The zero-order valence-electron chi connectivity index (χ0n) is 11.7. The van der Waals surface area contributed by atoms with E-state index in [-0.39, 0.29) is 5.91 Å². The van der Waals surface area contributed by atoms with Crippen molar-refractivity contribution in [2.45, 2.75) is 0 Å². The first kappa shape index (κ1) is 15.1. The lowest BCUT2D eigenvalue weighted by atomic mass is 10.2. The predicted octanol–water partition coefficient (Wildman–Crippen LogP) is 0.899. The van der Waals surface area contributed by atoms with Crippen LogP contribution in [0.5, 0.6) is 0 Å². The maximum absolute atomic E-state index is 12.0. The second-order valence-electron chi connectivity index (χ2n) is 5.14. The van der Waals surface area contributed by atoms with Gasteiger partial charge in [-0.15, -0.1) is 0 Å². The maximum atomic E-state index is 12.0. The molecule has 1 aromatic rings. The molecule has 0 radical (unpaired) electrons. The summed E-state index contributed by atoms with van der Waals surface area (Å²) in [7, 11) is 2.13. The topological polar surface area (TPSA) is 61.6 Å². The number of halogens is 1. The van der Waals surface area contributed by atoms with Crippen LogP contribution in [0, 0.1) is 0 Å². The lowest BCUT2D eigenvalue weighted by Gasteiger charge is -2.32.